The van der Waals surface area contributed by atoms with Crippen LogP contribution in [-0.4, -0.2) is 34.1 Å². The first-order valence-electron chi connectivity index (χ1n) is 6.20. The van der Waals surface area contributed by atoms with E-state index in [0.717, 1.165) is 0 Å². The van der Waals surface area contributed by atoms with Gasteiger partial charge in [-0.15, -0.1) is 0 Å². The Balaban J connectivity index is 2.63. The van der Waals surface area contributed by atoms with Crippen molar-refractivity contribution in [2.24, 2.45) is 0 Å². The third-order valence-electron chi connectivity index (χ3n) is 2.99. The van der Waals surface area contributed by atoms with Gasteiger partial charge in [0.25, 0.3) is 11.6 Å². The Labute approximate surface area is 120 Å². The van der Waals surface area contributed by atoms with Crippen molar-refractivity contribution >= 4 is 17.6 Å². The first-order chi connectivity index (χ1) is 9.78. The number of ether oxygens (including phenoxy) is 1. The van der Waals surface area contributed by atoms with Gasteiger partial charge in [-0.1, -0.05) is 13.0 Å². The Morgan fingerprint density at radius 3 is 2.67 bits per heavy atom. The Bertz CT molecular complexity index is 559. The molecule has 1 atom stereocenters. The highest BCUT2D eigenvalue weighted by atomic mass is 16.6. The van der Waals surface area contributed by atoms with Crippen molar-refractivity contribution in [3.05, 3.63) is 34.4 Å². The van der Waals surface area contributed by atoms with Crippen LogP contribution >= 0.6 is 0 Å². The predicted octanol–water partition coefficient (Wildman–Crippen LogP) is 1.34. The van der Waals surface area contributed by atoms with E-state index in [0.29, 0.717) is 0 Å². The molecule has 0 saturated carbocycles. The van der Waals surface area contributed by atoms with E-state index in [9.17, 15) is 19.7 Å². The highest BCUT2D eigenvalue weighted by Gasteiger charge is 2.32. The topological polar surface area (TPSA) is 119 Å². The zero-order valence-electron chi connectivity index (χ0n) is 11.7. The smallest absolute Gasteiger partial charge is 0.329 e. The molecule has 0 aromatic heterocycles. The summed E-state index contributed by atoms with van der Waals surface area (Å²) in [5, 5.41) is 22.0. The molecule has 8 heteroatoms. The van der Waals surface area contributed by atoms with E-state index in [1.165, 1.54) is 31.2 Å². The number of nitrogens with zero attached hydrogens (tertiary/aromatic N) is 1. The zero-order valence-corrected chi connectivity index (χ0v) is 11.7. The summed E-state index contributed by atoms with van der Waals surface area (Å²) < 4.78 is 5.12. The lowest BCUT2D eigenvalue weighted by molar-refractivity contribution is -0.384. The minimum atomic E-state index is -1.37. The summed E-state index contributed by atoms with van der Waals surface area (Å²) >= 11 is 0. The lowest BCUT2D eigenvalue weighted by Gasteiger charge is -2.24. The van der Waals surface area contributed by atoms with Crippen LogP contribution in [0, 0.1) is 10.1 Å². The van der Waals surface area contributed by atoms with Crippen molar-refractivity contribution in [3.63, 3.8) is 0 Å². The SMILES string of the molecule is CCC(C)(NC(=O)COc1cccc([N+](=O)[O-])c1)C(=O)O. The summed E-state index contributed by atoms with van der Waals surface area (Å²) in [5.74, 6) is -1.60. The maximum Gasteiger partial charge on any atom is 0.329 e. The van der Waals surface area contributed by atoms with E-state index in [1.807, 2.05) is 0 Å². The van der Waals surface area contributed by atoms with E-state index in [4.69, 9.17) is 9.84 Å². The molecule has 1 aromatic carbocycles. The van der Waals surface area contributed by atoms with Crippen molar-refractivity contribution < 1.29 is 24.4 Å². The summed E-state index contributed by atoms with van der Waals surface area (Å²) in [5.41, 5.74) is -1.53. The van der Waals surface area contributed by atoms with Crippen molar-refractivity contribution in [1.29, 1.82) is 0 Å². The maximum atomic E-state index is 11.7. The number of carbonyl (C=O) groups is 2. The van der Waals surface area contributed by atoms with E-state index in [-0.39, 0.29) is 17.9 Å². The van der Waals surface area contributed by atoms with Gasteiger partial charge in [0, 0.05) is 6.07 Å². The Hall–Kier alpha value is -2.64. The Kier molecular flexibility index (Phi) is 5.23. The van der Waals surface area contributed by atoms with Crippen LogP contribution in [0.15, 0.2) is 24.3 Å². The molecule has 0 spiro atoms. The van der Waals surface area contributed by atoms with Crippen molar-refractivity contribution in [2.75, 3.05) is 6.61 Å². The second kappa shape index (κ2) is 6.69. The zero-order chi connectivity index (χ0) is 16.0. The van der Waals surface area contributed by atoms with Gasteiger partial charge >= 0.3 is 5.97 Å². The van der Waals surface area contributed by atoms with Crippen molar-refractivity contribution in [2.45, 2.75) is 25.8 Å². The number of non-ortho nitro benzene ring substituents is 1. The van der Waals surface area contributed by atoms with Crippen LogP contribution in [0.25, 0.3) is 0 Å². The molecule has 1 aromatic rings. The van der Waals surface area contributed by atoms with Gasteiger partial charge in [-0.05, 0) is 19.4 Å². The number of carboxylic acid groups (broad SMARTS) is 1. The van der Waals surface area contributed by atoms with E-state index < -0.39 is 28.9 Å². The molecule has 0 heterocycles. The van der Waals surface area contributed by atoms with Crippen molar-refractivity contribution in [3.8, 4) is 5.75 Å². The molecule has 2 N–H and O–H groups in total. The van der Waals surface area contributed by atoms with E-state index >= 15 is 0 Å². The highest BCUT2D eigenvalue weighted by Crippen LogP contribution is 2.19. The second-order valence-electron chi connectivity index (χ2n) is 4.58. The number of benzene rings is 1. The van der Waals surface area contributed by atoms with Crippen molar-refractivity contribution in [1.82, 2.24) is 5.32 Å². The minimum absolute atomic E-state index is 0.156. The largest absolute Gasteiger partial charge is 0.484 e. The molecule has 0 fully saturated rings. The molecule has 1 rings (SSSR count). The van der Waals surface area contributed by atoms with E-state index in [2.05, 4.69) is 5.32 Å². The third-order valence-corrected chi connectivity index (χ3v) is 2.99. The molecule has 0 bridgehead atoms. The quantitative estimate of drug-likeness (QED) is 0.579. The van der Waals surface area contributed by atoms with Gasteiger partial charge < -0.3 is 15.2 Å². The van der Waals surface area contributed by atoms with Crippen LogP contribution in [0.4, 0.5) is 5.69 Å². The summed E-state index contributed by atoms with van der Waals surface area (Å²) in [7, 11) is 0. The number of hydrogen-bond acceptors (Lipinski definition) is 5. The Morgan fingerprint density at radius 2 is 2.14 bits per heavy atom. The Morgan fingerprint density at radius 1 is 1.48 bits per heavy atom. The number of aliphatic carboxylic acids is 1. The predicted molar refractivity (Wildman–Crippen MR) is 73.1 cm³/mol. The number of rotatable bonds is 7. The molecule has 8 nitrogen and oxygen atoms in total. The number of nitro groups is 1. The molecule has 21 heavy (non-hydrogen) atoms. The first-order valence-corrected chi connectivity index (χ1v) is 6.20. The summed E-state index contributed by atoms with van der Waals surface area (Å²) in [6.45, 7) is 2.60. The molecular weight excluding hydrogens is 280 g/mol. The van der Waals surface area contributed by atoms with Gasteiger partial charge in [0.1, 0.15) is 11.3 Å². The second-order valence-corrected chi connectivity index (χ2v) is 4.58. The number of carboxylic acids is 1. The van der Waals surface area contributed by atoms with Gasteiger partial charge in [0.2, 0.25) is 0 Å². The lowest BCUT2D eigenvalue weighted by Crippen LogP contribution is -2.53. The van der Waals surface area contributed by atoms with Gasteiger partial charge in [0.15, 0.2) is 6.61 Å². The number of nitrogens with one attached hydrogen (secondary N) is 1. The van der Waals surface area contributed by atoms with Crippen LogP contribution in [0.1, 0.15) is 20.3 Å². The van der Waals surface area contributed by atoms with Crippen LogP contribution in [0.3, 0.4) is 0 Å². The van der Waals surface area contributed by atoms with E-state index in [1.54, 1.807) is 6.92 Å². The van der Waals surface area contributed by atoms with Gasteiger partial charge in [-0.2, -0.15) is 0 Å². The average Bonchev–Trinajstić information content (AvgIpc) is 2.45. The maximum absolute atomic E-state index is 11.7. The number of nitro benzene ring substituents is 1. The minimum Gasteiger partial charge on any atom is -0.484 e. The number of amides is 1. The number of carbonyl (C=O) groups excluding carboxylic acids is 1. The summed E-state index contributed by atoms with van der Waals surface area (Å²) in [4.78, 5) is 32.8. The molecule has 0 aliphatic carbocycles. The molecule has 114 valence electrons. The van der Waals surface area contributed by atoms with Crippen LogP contribution in [0.2, 0.25) is 0 Å². The standard InChI is InChI=1S/C13H16N2O6/c1-3-13(2,12(17)18)14-11(16)8-21-10-6-4-5-9(7-10)15(19)20/h4-7H,3,8H2,1-2H3,(H,14,16)(H,17,18). The van der Waals surface area contributed by atoms with Crippen LogP contribution < -0.4 is 10.1 Å². The van der Waals surface area contributed by atoms with Crippen LogP contribution in [-0.2, 0) is 9.59 Å². The van der Waals surface area contributed by atoms with Gasteiger partial charge in [0.05, 0.1) is 11.0 Å². The fraction of sp³-hybridized carbons (Fsp3) is 0.385. The fourth-order valence-electron chi connectivity index (χ4n) is 1.47. The molecular formula is C13H16N2O6. The average molecular weight is 296 g/mol. The molecule has 0 aliphatic rings. The fourth-order valence-corrected chi connectivity index (χ4v) is 1.47. The molecule has 0 aliphatic heterocycles. The normalized spacial score (nSPS) is 13.0. The molecule has 1 amide bonds. The summed E-state index contributed by atoms with van der Waals surface area (Å²) in [6, 6.07) is 5.38. The molecule has 0 saturated heterocycles. The van der Waals surface area contributed by atoms with Crippen LogP contribution in [0.5, 0.6) is 5.75 Å². The van der Waals surface area contributed by atoms with Gasteiger partial charge in [-0.3, -0.25) is 14.9 Å². The third kappa shape index (κ3) is 4.44. The lowest BCUT2D eigenvalue weighted by atomic mass is 9.99. The molecule has 0 radical (unpaired) electrons. The molecule has 1 unspecified atom stereocenters. The summed E-state index contributed by atoms with van der Waals surface area (Å²) in [6.07, 6.45) is 0.213. The first kappa shape index (κ1) is 16.4. The number of hydrogen-bond donors (Lipinski definition) is 2. The highest BCUT2D eigenvalue weighted by molar-refractivity contribution is 5.87. The monoisotopic (exact) mass is 296 g/mol. The van der Waals surface area contributed by atoms with Gasteiger partial charge in [-0.25, -0.2) is 4.79 Å².